The van der Waals surface area contributed by atoms with Crippen molar-refractivity contribution in [2.75, 3.05) is 32.5 Å². The molecule has 0 radical (unpaired) electrons. The Morgan fingerprint density at radius 1 is 1.62 bits per heavy atom. The molecule has 9 nitrogen and oxygen atoms in total. The Hall–Kier alpha value is -2.73. The summed E-state index contributed by atoms with van der Waals surface area (Å²) in [6, 6.07) is 3.02. The summed E-state index contributed by atoms with van der Waals surface area (Å²) in [5.41, 5.74) is 5.23. The average molecular weight is 293 g/mol. The molecule has 0 aliphatic rings. The van der Waals surface area contributed by atoms with Crippen molar-refractivity contribution in [1.82, 2.24) is 9.88 Å². The van der Waals surface area contributed by atoms with Gasteiger partial charge in [0, 0.05) is 26.3 Å². The second-order valence-corrected chi connectivity index (χ2v) is 4.08. The molecule has 2 N–H and O–H groups in total. The molecule has 0 aliphatic heterocycles. The molecule has 1 rings (SSSR count). The van der Waals surface area contributed by atoms with Gasteiger partial charge in [-0.05, 0) is 0 Å². The maximum absolute atomic E-state index is 12.4. The molecule has 1 amide bonds. The maximum atomic E-state index is 12.4. The van der Waals surface area contributed by atoms with Crippen LogP contribution in [0.3, 0.4) is 0 Å². The van der Waals surface area contributed by atoms with Gasteiger partial charge in [-0.2, -0.15) is 5.26 Å². The van der Waals surface area contributed by atoms with Gasteiger partial charge >= 0.3 is 0 Å². The number of carbonyl (C=O) groups excluding carboxylic acids is 1. The van der Waals surface area contributed by atoms with Crippen LogP contribution in [0.15, 0.2) is 12.3 Å². The van der Waals surface area contributed by atoms with Gasteiger partial charge in [-0.15, -0.1) is 0 Å². The first kappa shape index (κ1) is 16.3. The number of hydrogen-bond acceptors (Lipinski definition) is 7. The van der Waals surface area contributed by atoms with E-state index in [2.05, 4.69) is 4.98 Å². The van der Waals surface area contributed by atoms with E-state index in [4.69, 9.17) is 15.7 Å². The molecule has 0 atom stereocenters. The lowest BCUT2D eigenvalue weighted by atomic mass is 10.2. The summed E-state index contributed by atoms with van der Waals surface area (Å²) < 4.78 is 4.90. The number of rotatable bonds is 7. The van der Waals surface area contributed by atoms with Crippen molar-refractivity contribution in [2.24, 2.45) is 0 Å². The summed E-state index contributed by atoms with van der Waals surface area (Å²) in [6.07, 6.45) is 1.12. The Labute approximate surface area is 121 Å². The van der Waals surface area contributed by atoms with E-state index >= 15 is 0 Å². The number of aromatic nitrogens is 1. The second-order valence-electron chi connectivity index (χ2n) is 4.08. The molecule has 0 unspecified atom stereocenters. The summed E-state index contributed by atoms with van der Waals surface area (Å²) in [5, 5.41) is 19.4. The standard InChI is InChI=1S/C12H15N5O4/c1-21-6-5-16(4-2-3-13)12(18)10-7-9(17(19)20)8-15-11(10)14/h7-8H,2,4-6H2,1H3,(H2,14,15). The highest BCUT2D eigenvalue weighted by Crippen LogP contribution is 2.18. The van der Waals surface area contributed by atoms with E-state index in [1.807, 2.05) is 6.07 Å². The number of nitro groups is 1. The van der Waals surface area contributed by atoms with Gasteiger partial charge in [0.25, 0.3) is 11.6 Å². The molecule has 1 heterocycles. The molecule has 0 saturated heterocycles. The zero-order valence-electron chi connectivity index (χ0n) is 11.5. The minimum atomic E-state index is -0.655. The van der Waals surface area contributed by atoms with E-state index in [1.54, 1.807) is 0 Å². The van der Waals surface area contributed by atoms with Crippen molar-refractivity contribution < 1.29 is 14.5 Å². The fourth-order valence-corrected chi connectivity index (χ4v) is 1.61. The fourth-order valence-electron chi connectivity index (χ4n) is 1.61. The van der Waals surface area contributed by atoms with Gasteiger partial charge < -0.3 is 15.4 Å². The van der Waals surface area contributed by atoms with Crippen molar-refractivity contribution >= 4 is 17.4 Å². The molecule has 9 heteroatoms. The van der Waals surface area contributed by atoms with Gasteiger partial charge in [0.2, 0.25) is 0 Å². The lowest BCUT2D eigenvalue weighted by Gasteiger charge is -2.21. The predicted molar refractivity (Wildman–Crippen MR) is 73.3 cm³/mol. The van der Waals surface area contributed by atoms with Gasteiger partial charge in [-0.25, -0.2) is 4.98 Å². The highest BCUT2D eigenvalue weighted by Gasteiger charge is 2.21. The molecule has 0 aliphatic carbocycles. The molecule has 112 valence electrons. The van der Waals surface area contributed by atoms with E-state index in [0.717, 1.165) is 12.3 Å². The Morgan fingerprint density at radius 2 is 2.33 bits per heavy atom. The van der Waals surface area contributed by atoms with Crippen LogP contribution in [0, 0.1) is 21.4 Å². The van der Waals surface area contributed by atoms with Crippen molar-refractivity contribution in [3.05, 3.63) is 27.9 Å². The van der Waals surface area contributed by atoms with E-state index in [-0.39, 0.29) is 43.2 Å². The first-order valence-electron chi connectivity index (χ1n) is 6.06. The number of pyridine rings is 1. The second kappa shape index (κ2) is 7.76. The summed E-state index contributed by atoms with van der Waals surface area (Å²) in [4.78, 5) is 27.5. The molecule has 1 aromatic heterocycles. The Balaban J connectivity index is 3.04. The van der Waals surface area contributed by atoms with Gasteiger partial charge in [0.05, 0.1) is 29.6 Å². The molecular weight excluding hydrogens is 278 g/mol. The van der Waals surface area contributed by atoms with Crippen molar-refractivity contribution in [3.63, 3.8) is 0 Å². The molecule has 0 fully saturated rings. The number of carbonyl (C=O) groups is 1. The Bertz CT molecular complexity index is 569. The average Bonchev–Trinajstić information content (AvgIpc) is 2.47. The van der Waals surface area contributed by atoms with Crippen molar-refractivity contribution in [1.29, 1.82) is 5.26 Å². The summed E-state index contributed by atoms with van der Waals surface area (Å²) >= 11 is 0. The zero-order chi connectivity index (χ0) is 15.8. The number of nitriles is 1. The smallest absolute Gasteiger partial charge is 0.288 e. The van der Waals surface area contributed by atoms with Crippen LogP contribution in [-0.2, 0) is 4.74 Å². The van der Waals surface area contributed by atoms with Gasteiger partial charge in [0.1, 0.15) is 12.0 Å². The van der Waals surface area contributed by atoms with Crippen LogP contribution in [0.2, 0.25) is 0 Å². The number of anilines is 1. The number of methoxy groups -OCH3 is 1. The minimum Gasteiger partial charge on any atom is -0.383 e. The highest BCUT2D eigenvalue weighted by atomic mass is 16.6. The molecular formula is C12H15N5O4. The lowest BCUT2D eigenvalue weighted by Crippen LogP contribution is -2.35. The van der Waals surface area contributed by atoms with Crippen LogP contribution >= 0.6 is 0 Å². The predicted octanol–water partition coefficient (Wildman–Crippen LogP) is 0.574. The van der Waals surface area contributed by atoms with Crippen molar-refractivity contribution in [3.8, 4) is 6.07 Å². The van der Waals surface area contributed by atoms with Crippen LogP contribution in [0.5, 0.6) is 0 Å². The van der Waals surface area contributed by atoms with E-state index < -0.39 is 10.8 Å². The third kappa shape index (κ3) is 4.39. The van der Waals surface area contributed by atoms with Crippen LogP contribution in [0.4, 0.5) is 11.5 Å². The van der Waals surface area contributed by atoms with E-state index in [1.165, 1.54) is 12.0 Å². The van der Waals surface area contributed by atoms with E-state index in [9.17, 15) is 14.9 Å². The SMILES string of the molecule is COCCN(CCC#N)C(=O)c1cc([N+](=O)[O-])cnc1N. The topological polar surface area (TPSA) is 135 Å². The van der Waals surface area contributed by atoms with Gasteiger partial charge in [0.15, 0.2) is 0 Å². The first-order valence-corrected chi connectivity index (χ1v) is 6.06. The van der Waals surface area contributed by atoms with Crippen LogP contribution in [0.1, 0.15) is 16.8 Å². The highest BCUT2D eigenvalue weighted by molar-refractivity contribution is 5.98. The number of ether oxygens (including phenoxy) is 1. The first-order chi connectivity index (χ1) is 10.0. The molecule has 0 saturated carbocycles. The largest absolute Gasteiger partial charge is 0.383 e. The number of amides is 1. The van der Waals surface area contributed by atoms with E-state index in [0.29, 0.717) is 0 Å². The number of nitrogen functional groups attached to an aromatic ring is 1. The van der Waals surface area contributed by atoms with Gasteiger partial charge in [-0.3, -0.25) is 14.9 Å². The summed E-state index contributed by atoms with van der Waals surface area (Å²) in [6.45, 7) is 0.708. The number of nitrogens with two attached hydrogens (primary N) is 1. The zero-order valence-corrected chi connectivity index (χ0v) is 11.5. The Kier molecular flexibility index (Phi) is 6.03. The van der Waals surface area contributed by atoms with Crippen LogP contribution in [0.25, 0.3) is 0 Å². The number of nitrogens with zero attached hydrogens (tertiary/aromatic N) is 4. The van der Waals surface area contributed by atoms with Gasteiger partial charge in [-0.1, -0.05) is 0 Å². The molecule has 21 heavy (non-hydrogen) atoms. The summed E-state index contributed by atoms with van der Waals surface area (Å²) in [7, 11) is 1.48. The lowest BCUT2D eigenvalue weighted by molar-refractivity contribution is -0.385. The van der Waals surface area contributed by atoms with Crippen LogP contribution < -0.4 is 5.73 Å². The molecule has 1 aromatic rings. The monoisotopic (exact) mass is 293 g/mol. The third-order valence-electron chi connectivity index (χ3n) is 2.69. The fraction of sp³-hybridized carbons (Fsp3) is 0.417. The third-order valence-corrected chi connectivity index (χ3v) is 2.69. The molecule has 0 spiro atoms. The quantitative estimate of drug-likeness (QED) is 0.573. The number of hydrogen-bond donors (Lipinski definition) is 1. The van der Waals surface area contributed by atoms with Crippen LogP contribution in [-0.4, -0.2) is 47.5 Å². The summed E-state index contributed by atoms with van der Waals surface area (Å²) in [5.74, 6) is -0.610. The molecule has 0 bridgehead atoms. The Morgan fingerprint density at radius 3 is 2.90 bits per heavy atom. The normalized spacial score (nSPS) is 9.90. The maximum Gasteiger partial charge on any atom is 0.288 e. The minimum absolute atomic E-state index is 0.0572. The van der Waals surface area contributed by atoms with Crippen molar-refractivity contribution in [2.45, 2.75) is 6.42 Å². The molecule has 0 aromatic carbocycles.